The Hall–Kier alpha value is -1.46. The van der Waals surface area contributed by atoms with Crippen molar-refractivity contribution in [2.75, 3.05) is 0 Å². The Morgan fingerprint density at radius 2 is 1.78 bits per heavy atom. The summed E-state index contributed by atoms with van der Waals surface area (Å²) in [4.78, 5) is 23.1. The molecule has 1 N–H and O–H groups in total. The van der Waals surface area contributed by atoms with E-state index in [0.29, 0.717) is 19.4 Å². The summed E-state index contributed by atoms with van der Waals surface area (Å²) in [5.41, 5.74) is 2.08. The summed E-state index contributed by atoms with van der Waals surface area (Å²) in [6.07, 6.45) is 0.997. The van der Waals surface area contributed by atoms with E-state index in [2.05, 4.69) is 39.2 Å². The highest BCUT2D eigenvalue weighted by Crippen LogP contribution is 2.37. The molecule has 0 aromatic heterocycles. The zero-order chi connectivity index (χ0) is 17.3. The van der Waals surface area contributed by atoms with Gasteiger partial charge in [0.05, 0.1) is 12.5 Å². The first-order valence-electron chi connectivity index (χ1n) is 8.17. The van der Waals surface area contributed by atoms with Gasteiger partial charge < -0.3 is 4.43 Å². The number of carbonyl (C=O) groups is 2. The molecule has 2 amide bonds. The summed E-state index contributed by atoms with van der Waals surface area (Å²) in [6.45, 7) is 11.8. The van der Waals surface area contributed by atoms with E-state index in [1.54, 1.807) is 0 Å². The van der Waals surface area contributed by atoms with Crippen LogP contribution in [0.1, 0.15) is 50.7 Å². The monoisotopic (exact) mass is 333 g/mol. The number of nitrogens with one attached hydrogen (secondary N) is 1. The summed E-state index contributed by atoms with van der Waals surface area (Å²) in [5.74, 6) is -0.583. The molecule has 0 bridgehead atoms. The quantitative estimate of drug-likeness (QED) is 0.675. The maximum atomic E-state index is 11.9. The van der Waals surface area contributed by atoms with Crippen molar-refractivity contribution < 1.29 is 14.0 Å². The number of carbonyl (C=O) groups excluding carboxylic acids is 2. The first-order valence-corrected chi connectivity index (χ1v) is 11.1. The van der Waals surface area contributed by atoms with Gasteiger partial charge in [-0.2, -0.15) is 0 Å². The zero-order valence-corrected chi connectivity index (χ0v) is 15.7. The van der Waals surface area contributed by atoms with Crippen LogP contribution in [0.2, 0.25) is 18.1 Å². The maximum absolute atomic E-state index is 11.9. The molecule has 0 spiro atoms. The van der Waals surface area contributed by atoms with Gasteiger partial charge >= 0.3 is 0 Å². The number of hydrogen-bond acceptors (Lipinski definition) is 3. The van der Waals surface area contributed by atoms with Gasteiger partial charge in [-0.25, -0.2) is 0 Å². The predicted molar refractivity (Wildman–Crippen MR) is 93.6 cm³/mol. The number of hydrogen-bond donors (Lipinski definition) is 1. The average molecular weight is 334 g/mol. The predicted octanol–water partition coefficient (Wildman–Crippen LogP) is 3.73. The Morgan fingerprint density at radius 3 is 2.30 bits per heavy atom. The van der Waals surface area contributed by atoms with Crippen molar-refractivity contribution >= 4 is 20.1 Å². The van der Waals surface area contributed by atoms with Gasteiger partial charge in [-0.05, 0) is 35.7 Å². The van der Waals surface area contributed by atoms with E-state index in [0.717, 1.165) is 11.1 Å². The highest BCUT2D eigenvalue weighted by atomic mass is 28.4. The van der Waals surface area contributed by atoms with Gasteiger partial charge in [0.1, 0.15) is 0 Å². The van der Waals surface area contributed by atoms with Gasteiger partial charge in [0, 0.05) is 6.42 Å². The van der Waals surface area contributed by atoms with Crippen LogP contribution in [0.3, 0.4) is 0 Å². The number of benzene rings is 1. The molecule has 1 fully saturated rings. The second-order valence-corrected chi connectivity index (χ2v) is 12.6. The third-order valence-electron chi connectivity index (χ3n) is 5.03. The highest BCUT2D eigenvalue weighted by molar-refractivity contribution is 6.74. The SMILES string of the molecule is CC(C)(C)[Si](C)(C)OCc1ccc(C2CCC(=O)NC2=O)cc1. The van der Waals surface area contributed by atoms with E-state index in [4.69, 9.17) is 4.43 Å². The van der Waals surface area contributed by atoms with Crippen LogP contribution >= 0.6 is 0 Å². The smallest absolute Gasteiger partial charge is 0.234 e. The number of imide groups is 1. The Kier molecular flexibility index (Phi) is 5.11. The van der Waals surface area contributed by atoms with E-state index in [-0.39, 0.29) is 22.8 Å². The highest BCUT2D eigenvalue weighted by Gasteiger charge is 2.37. The number of rotatable bonds is 4. The van der Waals surface area contributed by atoms with Crippen molar-refractivity contribution in [3.63, 3.8) is 0 Å². The van der Waals surface area contributed by atoms with Crippen molar-refractivity contribution in [2.45, 2.75) is 64.3 Å². The van der Waals surface area contributed by atoms with Gasteiger partial charge in [0.25, 0.3) is 0 Å². The van der Waals surface area contributed by atoms with Crippen molar-refractivity contribution in [1.29, 1.82) is 0 Å². The summed E-state index contributed by atoms with van der Waals surface area (Å²) in [7, 11) is -1.75. The van der Waals surface area contributed by atoms with Gasteiger partial charge in [0.15, 0.2) is 8.32 Å². The lowest BCUT2D eigenvalue weighted by atomic mass is 9.90. The minimum absolute atomic E-state index is 0.175. The fraction of sp³-hybridized carbons (Fsp3) is 0.556. The molecule has 0 aliphatic carbocycles. The molecule has 1 aliphatic heterocycles. The van der Waals surface area contributed by atoms with Gasteiger partial charge in [-0.1, -0.05) is 45.0 Å². The van der Waals surface area contributed by atoms with Crippen LogP contribution in [0, 0.1) is 0 Å². The van der Waals surface area contributed by atoms with Crippen LogP contribution in [0.4, 0.5) is 0 Å². The third-order valence-corrected chi connectivity index (χ3v) is 9.51. The van der Waals surface area contributed by atoms with Crippen molar-refractivity contribution in [3.05, 3.63) is 35.4 Å². The van der Waals surface area contributed by atoms with Crippen LogP contribution in [-0.4, -0.2) is 20.1 Å². The molecule has 2 rings (SSSR count). The Balaban J connectivity index is 2.00. The van der Waals surface area contributed by atoms with Crippen molar-refractivity contribution in [2.24, 2.45) is 0 Å². The first kappa shape index (κ1) is 17.9. The van der Waals surface area contributed by atoms with Gasteiger partial charge in [-0.15, -0.1) is 0 Å². The molecule has 0 saturated carbocycles. The van der Waals surface area contributed by atoms with E-state index in [9.17, 15) is 9.59 Å². The lowest BCUT2D eigenvalue weighted by Gasteiger charge is -2.36. The van der Waals surface area contributed by atoms with Gasteiger partial charge in [0.2, 0.25) is 11.8 Å². The molecule has 5 heteroatoms. The van der Waals surface area contributed by atoms with Crippen molar-refractivity contribution in [1.82, 2.24) is 5.32 Å². The zero-order valence-electron chi connectivity index (χ0n) is 14.7. The molecule has 1 saturated heterocycles. The van der Waals surface area contributed by atoms with Crippen LogP contribution in [-0.2, 0) is 20.6 Å². The van der Waals surface area contributed by atoms with E-state index >= 15 is 0 Å². The van der Waals surface area contributed by atoms with E-state index in [1.807, 2.05) is 24.3 Å². The molecule has 126 valence electrons. The van der Waals surface area contributed by atoms with Crippen LogP contribution in [0.15, 0.2) is 24.3 Å². The fourth-order valence-electron chi connectivity index (χ4n) is 2.34. The molecule has 1 atom stereocenters. The lowest BCUT2D eigenvalue weighted by Crippen LogP contribution is -2.40. The standard InChI is InChI=1S/C18H27NO3Si/c1-18(2,3)23(4,5)22-12-13-6-8-14(9-7-13)15-10-11-16(20)19-17(15)21/h6-9,15H,10-12H2,1-5H3,(H,19,20,21). The normalized spacial score (nSPS) is 19.6. The Bertz CT molecular complexity index is 587. The molecule has 1 aliphatic rings. The van der Waals surface area contributed by atoms with Crippen LogP contribution in [0.5, 0.6) is 0 Å². The molecular formula is C18H27NO3Si. The third kappa shape index (κ3) is 4.29. The average Bonchev–Trinajstić information content (AvgIpc) is 2.45. The lowest BCUT2D eigenvalue weighted by molar-refractivity contribution is -0.134. The summed E-state index contributed by atoms with van der Waals surface area (Å²) >= 11 is 0. The molecular weight excluding hydrogens is 306 g/mol. The van der Waals surface area contributed by atoms with E-state index < -0.39 is 8.32 Å². The topological polar surface area (TPSA) is 55.4 Å². The number of amides is 2. The molecule has 1 aromatic carbocycles. The minimum atomic E-state index is -1.75. The molecule has 1 unspecified atom stereocenters. The van der Waals surface area contributed by atoms with Crippen molar-refractivity contribution in [3.8, 4) is 0 Å². The fourth-order valence-corrected chi connectivity index (χ4v) is 3.30. The second kappa shape index (κ2) is 6.57. The minimum Gasteiger partial charge on any atom is -0.413 e. The number of piperidine rings is 1. The summed E-state index contributed by atoms with van der Waals surface area (Å²) in [6, 6.07) is 7.99. The van der Waals surface area contributed by atoms with Crippen LogP contribution < -0.4 is 5.32 Å². The molecule has 4 nitrogen and oxygen atoms in total. The Labute approximate surface area is 139 Å². The first-order chi connectivity index (χ1) is 10.6. The van der Waals surface area contributed by atoms with Crippen LogP contribution in [0.25, 0.3) is 0 Å². The largest absolute Gasteiger partial charge is 0.413 e. The molecule has 1 heterocycles. The Morgan fingerprint density at radius 1 is 1.17 bits per heavy atom. The van der Waals surface area contributed by atoms with Gasteiger partial charge in [-0.3, -0.25) is 14.9 Å². The molecule has 0 radical (unpaired) electrons. The summed E-state index contributed by atoms with van der Waals surface area (Å²) < 4.78 is 6.22. The molecule has 23 heavy (non-hydrogen) atoms. The second-order valence-electron chi connectivity index (χ2n) is 7.79. The molecule has 1 aromatic rings. The summed E-state index contributed by atoms with van der Waals surface area (Å²) in [5, 5.41) is 2.60. The maximum Gasteiger partial charge on any atom is 0.234 e. The van der Waals surface area contributed by atoms with E-state index in [1.165, 1.54) is 0 Å².